The van der Waals surface area contributed by atoms with Crippen molar-refractivity contribution in [2.75, 3.05) is 6.79 Å². The van der Waals surface area contributed by atoms with Crippen LogP contribution in [0.25, 0.3) is 22.3 Å². The van der Waals surface area contributed by atoms with Gasteiger partial charge in [-0.3, -0.25) is 0 Å². The molecule has 0 saturated carbocycles. The number of aryl methyl sites for hydroxylation is 2. The Morgan fingerprint density at radius 3 is 1.30 bits per heavy atom. The fourth-order valence-corrected chi connectivity index (χ4v) is 3.71. The number of nitrogens with zero attached hydrogens (tertiary/aromatic N) is 2. The van der Waals surface area contributed by atoms with E-state index in [0.717, 1.165) is 44.9 Å². The Morgan fingerprint density at radius 2 is 0.970 bits per heavy atom. The van der Waals surface area contributed by atoms with Crippen molar-refractivity contribution in [3.05, 3.63) is 107 Å². The topological polar surface area (TPSA) is 66.0 Å². The Bertz CT molecular complexity index is 1250. The molecule has 0 heterocycles. The van der Waals surface area contributed by atoms with Crippen LogP contribution in [-0.4, -0.2) is 6.79 Å². The minimum absolute atomic E-state index is 0.102. The number of hydrogen-bond donors (Lipinski definition) is 0. The van der Waals surface area contributed by atoms with Gasteiger partial charge in [-0.15, -0.1) is 0 Å². The Morgan fingerprint density at radius 1 is 0.576 bits per heavy atom. The summed E-state index contributed by atoms with van der Waals surface area (Å²) in [6.45, 7) is 4.17. The molecule has 0 aliphatic carbocycles. The summed E-state index contributed by atoms with van der Waals surface area (Å²) >= 11 is 0. The fourth-order valence-electron chi connectivity index (χ4n) is 3.71. The van der Waals surface area contributed by atoms with Crippen LogP contribution in [-0.2, 0) is 0 Å². The zero-order valence-electron chi connectivity index (χ0n) is 18.5. The highest BCUT2D eigenvalue weighted by Crippen LogP contribution is 2.29. The van der Waals surface area contributed by atoms with E-state index in [9.17, 15) is 0 Å². The molecule has 0 bridgehead atoms. The average molecular weight is 431 g/mol. The first kappa shape index (κ1) is 21.7. The van der Waals surface area contributed by atoms with Crippen molar-refractivity contribution in [1.29, 1.82) is 10.5 Å². The molecule has 4 nitrogen and oxygen atoms in total. The highest BCUT2D eigenvalue weighted by atomic mass is 16.7. The van der Waals surface area contributed by atoms with E-state index in [1.165, 1.54) is 0 Å². The van der Waals surface area contributed by atoms with Gasteiger partial charge in [0.2, 0.25) is 6.79 Å². The van der Waals surface area contributed by atoms with E-state index >= 15 is 0 Å². The average Bonchev–Trinajstić information content (AvgIpc) is 2.84. The van der Waals surface area contributed by atoms with Crippen molar-refractivity contribution >= 4 is 0 Å². The zero-order valence-corrected chi connectivity index (χ0v) is 18.5. The number of hydrogen-bond acceptors (Lipinski definition) is 4. The molecule has 160 valence electrons. The SMILES string of the molecule is Cc1cc(OCOc2ccc(-c3ccc(C#N)cc3)c(C)c2)ccc1-c1ccc(C#N)cc1. The number of benzene rings is 4. The molecule has 4 aromatic rings. The van der Waals surface area contributed by atoms with Gasteiger partial charge in [-0.05, 0) is 95.8 Å². The third-order valence-electron chi connectivity index (χ3n) is 5.50. The minimum Gasteiger partial charge on any atom is -0.457 e. The summed E-state index contributed by atoms with van der Waals surface area (Å²) in [6, 6.07) is 31.2. The molecule has 0 amide bonds. The lowest BCUT2D eigenvalue weighted by molar-refractivity contribution is 0.120. The Labute approximate surface area is 193 Å². The molecule has 0 N–H and O–H groups in total. The van der Waals surface area contributed by atoms with Gasteiger partial charge in [0.1, 0.15) is 11.5 Å². The van der Waals surface area contributed by atoms with Crippen LogP contribution in [0.15, 0.2) is 84.9 Å². The van der Waals surface area contributed by atoms with Gasteiger partial charge < -0.3 is 9.47 Å². The van der Waals surface area contributed by atoms with Gasteiger partial charge in [-0.1, -0.05) is 36.4 Å². The molecule has 0 saturated heterocycles. The van der Waals surface area contributed by atoms with Crippen molar-refractivity contribution in [3.8, 4) is 45.9 Å². The molecule has 0 fully saturated rings. The molecular weight excluding hydrogens is 408 g/mol. The van der Waals surface area contributed by atoms with E-state index in [2.05, 4.69) is 12.1 Å². The molecule has 0 unspecified atom stereocenters. The molecule has 4 aromatic carbocycles. The number of nitriles is 2. The van der Waals surface area contributed by atoms with E-state index < -0.39 is 0 Å². The molecule has 0 radical (unpaired) electrons. The second-order valence-corrected chi connectivity index (χ2v) is 7.74. The highest BCUT2D eigenvalue weighted by Gasteiger charge is 2.07. The van der Waals surface area contributed by atoms with Crippen LogP contribution < -0.4 is 9.47 Å². The summed E-state index contributed by atoms with van der Waals surface area (Å²) < 4.78 is 11.6. The van der Waals surface area contributed by atoms with Gasteiger partial charge >= 0.3 is 0 Å². The smallest absolute Gasteiger partial charge is 0.230 e. The summed E-state index contributed by atoms with van der Waals surface area (Å²) in [4.78, 5) is 0. The van der Waals surface area contributed by atoms with E-state index in [0.29, 0.717) is 11.1 Å². The molecule has 0 aromatic heterocycles. The zero-order chi connectivity index (χ0) is 23.2. The number of ether oxygens (including phenoxy) is 2. The van der Waals surface area contributed by atoms with Crippen LogP contribution in [0, 0.1) is 36.5 Å². The van der Waals surface area contributed by atoms with Gasteiger partial charge in [-0.25, -0.2) is 0 Å². The van der Waals surface area contributed by atoms with Crippen molar-refractivity contribution in [2.24, 2.45) is 0 Å². The van der Waals surface area contributed by atoms with Gasteiger partial charge in [0.05, 0.1) is 23.3 Å². The second kappa shape index (κ2) is 9.73. The van der Waals surface area contributed by atoms with Gasteiger partial charge in [0.15, 0.2) is 0 Å². The predicted molar refractivity (Wildman–Crippen MR) is 129 cm³/mol. The maximum atomic E-state index is 8.97. The third kappa shape index (κ3) is 5.03. The van der Waals surface area contributed by atoms with Crippen LogP contribution in [0.4, 0.5) is 0 Å². The lowest BCUT2D eigenvalue weighted by Gasteiger charge is -2.13. The molecule has 4 rings (SSSR count). The quantitative estimate of drug-likeness (QED) is 0.316. The van der Waals surface area contributed by atoms with Gasteiger partial charge in [0.25, 0.3) is 0 Å². The lowest BCUT2D eigenvalue weighted by Crippen LogP contribution is -2.06. The van der Waals surface area contributed by atoms with Crippen LogP contribution >= 0.6 is 0 Å². The predicted octanol–water partition coefficient (Wildman–Crippen LogP) is 6.80. The second-order valence-electron chi connectivity index (χ2n) is 7.74. The summed E-state index contributed by atoms with van der Waals surface area (Å²) in [5, 5.41) is 17.9. The maximum absolute atomic E-state index is 8.97. The van der Waals surface area contributed by atoms with E-state index in [1.54, 1.807) is 0 Å². The molecular formula is C29H22N2O2. The monoisotopic (exact) mass is 430 g/mol. The van der Waals surface area contributed by atoms with Crippen molar-refractivity contribution in [2.45, 2.75) is 13.8 Å². The molecule has 4 heteroatoms. The Balaban J connectivity index is 1.38. The van der Waals surface area contributed by atoms with E-state index in [1.807, 2.05) is 98.8 Å². The first-order valence-electron chi connectivity index (χ1n) is 10.6. The molecule has 0 aliphatic heterocycles. The first-order valence-corrected chi connectivity index (χ1v) is 10.6. The van der Waals surface area contributed by atoms with Crippen molar-refractivity contribution in [3.63, 3.8) is 0 Å². The summed E-state index contributed by atoms with van der Waals surface area (Å²) in [5.74, 6) is 1.46. The molecule has 0 spiro atoms. The van der Waals surface area contributed by atoms with Gasteiger partial charge in [0, 0.05) is 0 Å². The molecule has 0 atom stereocenters. The van der Waals surface area contributed by atoms with E-state index in [4.69, 9.17) is 20.0 Å². The fraction of sp³-hybridized carbons (Fsp3) is 0.103. The Hall–Kier alpha value is -4.54. The van der Waals surface area contributed by atoms with Gasteiger partial charge in [-0.2, -0.15) is 10.5 Å². The van der Waals surface area contributed by atoms with Crippen LogP contribution in [0.1, 0.15) is 22.3 Å². The number of rotatable bonds is 6. The highest BCUT2D eigenvalue weighted by molar-refractivity contribution is 5.69. The molecule has 0 aliphatic rings. The van der Waals surface area contributed by atoms with Crippen molar-refractivity contribution < 1.29 is 9.47 Å². The van der Waals surface area contributed by atoms with Crippen molar-refractivity contribution in [1.82, 2.24) is 0 Å². The summed E-state index contributed by atoms with van der Waals surface area (Å²) in [6.07, 6.45) is 0. The minimum atomic E-state index is 0.102. The van der Waals surface area contributed by atoms with E-state index in [-0.39, 0.29) is 6.79 Å². The lowest BCUT2D eigenvalue weighted by atomic mass is 9.99. The summed E-state index contributed by atoms with van der Waals surface area (Å²) in [7, 11) is 0. The van der Waals surface area contributed by atoms with Crippen LogP contribution in [0.3, 0.4) is 0 Å². The third-order valence-corrected chi connectivity index (χ3v) is 5.50. The standard InChI is InChI=1S/C29H22N2O2/c1-20-15-26(11-13-28(20)24-7-3-22(17-30)4-8-24)32-19-33-27-12-14-29(21(2)16-27)25-9-5-23(18-31)6-10-25/h3-16H,19H2,1-2H3. The Kier molecular flexibility index (Phi) is 6.39. The maximum Gasteiger partial charge on any atom is 0.230 e. The summed E-state index contributed by atoms with van der Waals surface area (Å²) in [5.41, 5.74) is 7.78. The largest absolute Gasteiger partial charge is 0.457 e. The first-order chi connectivity index (χ1) is 16.1. The van der Waals surface area contributed by atoms with Crippen LogP contribution in [0.5, 0.6) is 11.5 Å². The normalized spacial score (nSPS) is 10.2. The molecule has 33 heavy (non-hydrogen) atoms. The van der Waals surface area contributed by atoms with Crippen LogP contribution in [0.2, 0.25) is 0 Å².